The van der Waals surface area contributed by atoms with Gasteiger partial charge in [-0.05, 0) is 31.2 Å². The van der Waals surface area contributed by atoms with E-state index in [1.54, 1.807) is 4.68 Å². The highest BCUT2D eigenvalue weighted by molar-refractivity contribution is 5.67. The fourth-order valence-corrected chi connectivity index (χ4v) is 3.71. The summed E-state index contributed by atoms with van der Waals surface area (Å²) in [6.07, 6.45) is 5.70. The zero-order chi connectivity index (χ0) is 22.0. The zero-order valence-corrected chi connectivity index (χ0v) is 17.9. The summed E-state index contributed by atoms with van der Waals surface area (Å²) in [4.78, 5) is 2.28. The number of rotatable bonds is 7. The Morgan fingerprint density at radius 2 is 1.84 bits per heavy atom. The van der Waals surface area contributed by atoms with Crippen molar-refractivity contribution in [2.75, 3.05) is 6.54 Å². The molecule has 0 spiro atoms. The third kappa shape index (κ3) is 4.56. The predicted octanol–water partition coefficient (Wildman–Crippen LogP) is 4.88. The van der Waals surface area contributed by atoms with Gasteiger partial charge >= 0.3 is 0 Å². The maximum absolute atomic E-state index is 14.5. The molecule has 0 aliphatic heterocycles. The summed E-state index contributed by atoms with van der Waals surface area (Å²) in [6, 6.07) is 11.5. The van der Waals surface area contributed by atoms with Crippen LogP contribution >= 0.6 is 0 Å². The van der Waals surface area contributed by atoms with Crippen LogP contribution in [0.4, 0.5) is 8.78 Å². The van der Waals surface area contributed by atoms with E-state index in [9.17, 15) is 8.78 Å². The van der Waals surface area contributed by atoms with Gasteiger partial charge in [-0.1, -0.05) is 31.2 Å². The Hall–Kier alpha value is -3.32. The van der Waals surface area contributed by atoms with Crippen molar-refractivity contribution in [2.45, 2.75) is 26.9 Å². The van der Waals surface area contributed by atoms with Gasteiger partial charge in [0.1, 0.15) is 11.5 Å². The van der Waals surface area contributed by atoms with Crippen LogP contribution in [0.1, 0.15) is 23.6 Å². The van der Waals surface area contributed by atoms with Crippen LogP contribution in [0.2, 0.25) is 0 Å². The Bertz CT molecular complexity index is 1190. The SMILES string of the molecule is CCN(Cc1cnn(C)c1)Cc1cn(-c2ccc(F)cc2F)nc1-c1ccccc1C. The number of benzene rings is 2. The van der Waals surface area contributed by atoms with E-state index < -0.39 is 11.6 Å². The first-order valence-corrected chi connectivity index (χ1v) is 10.2. The summed E-state index contributed by atoms with van der Waals surface area (Å²) in [5.74, 6) is -1.26. The van der Waals surface area contributed by atoms with Gasteiger partial charge in [0.05, 0.1) is 11.9 Å². The second-order valence-corrected chi connectivity index (χ2v) is 7.68. The molecule has 31 heavy (non-hydrogen) atoms. The molecule has 2 aromatic heterocycles. The third-order valence-corrected chi connectivity index (χ3v) is 5.35. The Morgan fingerprint density at radius 3 is 2.52 bits per heavy atom. The topological polar surface area (TPSA) is 38.9 Å². The summed E-state index contributed by atoms with van der Waals surface area (Å²) < 4.78 is 31.2. The van der Waals surface area contributed by atoms with Crippen molar-refractivity contribution in [3.8, 4) is 16.9 Å². The molecule has 0 atom stereocenters. The van der Waals surface area contributed by atoms with Crippen LogP contribution in [0.15, 0.2) is 61.1 Å². The van der Waals surface area contributed by atoms with Crippen molar-refractivity contribution < 1.29 is 8.78 Å². The Morgan fingerprint density at radius 1 is 1.03 bits per heavy atom. The summed E-state index contributed by atoms with van der Waals surface area (Å²) in [5, 5.41) is 8.96. The fourth-order valence-electron chi connectivity index (χ4n) is 3.71. The molecule has 5 nitrogen and oxygen atoms in total. The first-order chi connectivity index (χ1) is 14.9. The molecule has 2 heterocycles. The Balaban J connectivity index is 1.74. The van der Waals surface area contributed by atoms with E-state index in [-0.39, 0.29) is 5.69 Å². The van der Waals surface area contributed by atoms with Crippen molar-refractivity contribution in [1.29, 1.82) is 0 Å². The van der Waals surface area contributed by atoms with Crippen molar-refractivity contribution >= 4 is 0 Å². The smallest absolute Gasteiger partial charge is 0.151 e. The van der Waals surface area contributed by atoms with Crippen LogP contribution in [0.5, 0.6) is 0 Å². The van der Waals surface area contributed by atoms with Gasteiger partial charge in [-0.3, -0.25) is 9.58 Å². The van der Waals surface area contributed by atoms with E-state index in [1.807, 2.05) is 56.8 Å². The molecule has 4 aromatic rings. The van der Waals surface area contributed by atoms with Crippen LogP contribution in [-0.2, 0) is 20.1 Å². The minimum Gasteiger partial charge on any atom is -0.295 e. The molecular formula is C24H25F2N5. The van der Waals surface area contributed by atoms with E-state index in [0.717, 1.165) is 47.1 Å². The molecule has 0 fully saturated rings. The van der Waals surface area contributed by atoms with Crippen LogP contribution in [0, 0.1) is 18.6 Å². The van der Waals surface area contributed by atoms with Gasteiger partial charge in [0.15, 0.2) is 5.82 Å². The van der Waals surface area contributed by atoms with Crippen molar-refractivity contribution in [3.05, 3.63) is 89.4 Å². The maximum Gasteiger partial charge on any atom is 0.151 e. The first kappa shape index (κ1) is 20.9. The first-order valence-electron chi connectivity index (χ1n) is 10.2. The number of aromatic nitrogens is 4. The molecule has 0 aliphatic carbocycles. The van der Waals surface area contributed by atoms with E-state index in [4.69, 9.17) is 5.10 Å². The van der Waals surface area contributed by atoms with Gasteiger partial charge in [-0.2, -0.15) is 10.2 Å². The molecule has 0 aliphatic rings. The highest BCUT2D eigenvalue weighted by Gasteiger charge is 2.18. The lowest BCUT2D eigenvalue weighted by atomic mass is 10.0. The summed E-state index contributed by atoms with van der Waals surface area (Å²) in [7, 11) is 1.90. The van der Waals surface area contributed by atoms with Crippen LogP contribution in [0.3, 0.4) is 0 Å². The van der Waals surface area contributed by atoms with Crippen LogP contribution in [-0.4, -0.2) is 31.0 Å². The van der Waals surface area contributed by atoms with Crippen molar-refractivity contribution in [3.63, 3.8) is 0 Å². The molecule has 2 aromatic carbocycles. The van der Waals surface area contributed by atoms with Crippen molar-refractivity contribution in [2.24, 2.45) is 7.05 Å². The predicted molar refractivity (Wildman–Crippen MR) is 117 cm³/mol. The Labute approximate surface area is 180 Å². The summed E-state index contributed by atoms with van der Waals surface area (Å²) in [6.45, 7) is 6.35. The normalized spacial score (nSPS) is 11.4. The number of nitrogens with zero attached hydrogens (tertiary/aromatic N) is 5. The molecule has 4 rings (SSSR count). The largest absolute Gasteiger partial charge is 0.295 e. The molecule has 0 bridgehead atoms. The van der Waals surface area contributed by atoms with Gasteiger partial charge in [0.25, 0.3) is 0 Å². The fraction of sp³-hybridized carbons (Fsp3) is 0.250. The summed E-state index contributed by atoms with van der Waals surface area (Å²) >= 11 is 0. The lowest BCUT2D eigenvalue weighted by molar-refractivity contribution is 0.271. The average molecular weight is 421 g/mol. The molecule has 0 saturated heterocycles. The molecule has 0 radical (unpaired) electrons. The standard InChI is InChI=1S/C24H25F2N5/c1-4-30(14-18-12-27-29(3)13-18)15-19-16-31(23-10-9-20(25)11-22(23)26)28-24(19)21-8-6-5-7-17(21)2/h5-13,16H,4,14-15H2,1-3H3. The quantitative estimate of drug-likeness (QED) is 0.427. The molecule has 0 N–H and O–H groups in total. The second kappa shape index (κ2) is 8.81. The van der Waals surface area contributed by atoms with Gasteiger partial charge in [0, 0.05) is 55.3 Å². The van der Waals surface area contributed by atoms with E-state index >= 15 is 0 Å². The van der Waals surface area contributed by atoms with E-state index in [1.165, 1.54) is 16.8 Å². The highest BCUT2D eigenvalue weighted by Crippen LogP contribution is 2.28. The second-order valence-electron chi connectivity index (χ2n) is 7.68. The molecule has 0 unspecified atom stereocenters. The lowest BCUT2D eigenvalue weighted by Crippen LogP contribution is -2.22. The van der Waals surface area contributed by atoms with Gasteiger partial charge in [-0.15, -0.1) is 0 Å². The monoisotopic (exact) mass is 421 g/mol. The van der Waals surface area contributed by atoms with Crippen LogP contribution in [0.25, 0.3) is 16.9 Å². The Kier molecular flexibility index (Phi) is 5.95. The average Bonchev–Trinajstić information content (AvgIpc) is 3.34. The number of aryl methyl sites for hydroxylation is 2. The van der Waals surface area contributed by atoms with Gasteiger partial charge in [-0.25, -0.2) is 13.5 Å². The molecule has 160 valence electrons. The number of hydrogen-bond acceptors (Lipinski definition) is 3. The number of hydrogen-bond donors (Lipinski definition) is 0. The molecule has 0 amide bonds. The third-order valence-electron chi connectivity index (χ3n) is 5.35. The molecule has 7 heteroatoms. The zero-order valence-electron chi connectivity index (χ0n) is 17.9. The number of halogens is 2. The molecule has 0 saturated carbocycles. The van der Waals surface area contributed by atoms with Crippen LogP contribution < -0.4 is 0 Å². The summed E-state index contributed by atoms with van der Waals surface area (Å²) in [5.41, 5.74) is 5.20. The minimum absolute atomic E-state index is 0.220. The maximum atomic E-state index is 14.5. The van der Waals surface area contributed by atoms with Crippen molar-refractivity contribution in [1.82, 2.24) is 24.5 Å². The molecular weight excluding hydrogens is 396 g/mol. The minimum atomic E-state index is -0.645. The lowest BCUT2D eigenvalue weighted by Gasteiger charge is -2.19. The van der Waals surface area contributed by atoms with Gasteiger partial charge in [0.2, 0.25) is 0 Å². The highest BCUT2D eigenvalue weighted by atomic mass is 19.1. The van der Waals surface area contributed by atoms with E-state index in [2.05, 4.69) is 16.9 Å². The van der Waals surface area contributed by atoms with E-state index in [0.29, 0.717) is 6.54 Å². The van der Waals surface area contributed by atoms with Gasteiger partial charge < -0.3 is 0 Å².